The van der Waals surface area contributed by atoms with Crippen LogP contribution in [0.4, 0.5) is 11.4 Å². The van der Waals surface area contributed by atoms with E-state index in [0.29, 0.717) is 11.5 Å². The second-order valence-electron chi connectivity index (χ2n) is 9.77. The maximum Gasteiger partial charge on any atom is 0.264 e. The highest BCUT2D eigenvalue weighted by Gasteiger charge is 2.24. The van der Waals surface area contributed by atoms with Crippen molar-refractivity contribution >= 4 is 33.2 Å². The van der Waals surface area contributed by atoms with Gasteiger partial charge in [0.15, 0.2) is 0 Å². The molecule has 9 heteroatoms. The first kappa shape index (κ1) is 27.5. The molecule has 0 radical (unpaired) electrons. The zero-order valence-electron chi connectivity index (χ0n) is 21.3. The Morgan fingerprint density at radius 2 is 1.67 bits per heavy atom. The largest absolute Gasteiger partial charge is 0.386 e. The molecule has 2 aromatic carbocycles. The summed E-state index contributed by atoms with van der Waals surface area (Å²) in [4.78, 5) is 25.7. The summed E-state index contributed by atoms with van der Waals surface area (Å²) in [6.45, 7) is 4.63. The van der Waals surface area contributed by atoms with Gasteiger partial charge in [-0.05, 0) is 55.0 Å². The van der Waals surface area contributed by atoms with E-state index in [1.165, 1.54) is 44.2 Å². The van der Waals surface area contributed by atoms with Crippen LogP contribution in [0.2, 0.25) is 0 Å². The van der Waals surface area contributed by atoms with E-state index in [1.54, 1.807) is 24.3 Å². The van der Waals surface area contributed by atoms with Crippen LogP contribution in [-0.4, -0.2) is 39.9 Å². The van der Waals surface area contributed by atoms with Gasteiger partial charge in [-0.15, -0.1) is 0 Å². The molecule has 1 aliphatic rings. The lowest BCUT2D eigenvalue weighted by atomic mass is 9.89. The lowest BCUT2D eigenvalue weighted by molar-refractivity contribution is -0.120. The Morgan fingerprint density at radius 1 is 0.972 bits per heavy atom. The molecule has 0 heterocycles. The maximum atomic E-state index is 13.1. The molecule has 4 N–H and O–H groups in total. The van der Waals surface area contributed by atoms with Crippen LogP contribution in [0.15, 0.2) is 53.4 Å². The lowest BCUT2D eigenvalue weighted by Gasteiger charge is -2.24. The van der Waals surface area contributed by atoms with Crippen LogP contribution in [0.1, 0.15) is 62.7 Å². The summed E-state index contributed by atoms with van der Waals surface area (Å²) in [6, 6.07) is 12.6. The lowest BCUT2D eigenvalue weighted by Crippen LogP contribution is -2.43. The molecule has 2 amide bonds. The Kier molecular flexibility index (Phi) is 9.75. The summed E-state index contributed by atoms with van der Waals surface area (Å²) >= 11 is 0. The fourth-order valence-electron chi connectivity index (χ4n) is 4.45. The molecule has 36 heavy (non-hydrogen) atoms. The van der Waals surface area contributed by atoms with Gasteiger partial charge < -0.3 is 16.0 Å². The van der Waals surface area contributed by atoms with Gasteiger partial charge >= 0.3 is 0 Å². The van der Waals surface area contributed by atoms with Crippen LogP contribution in [0.5, 0.6) is 0 Å². The van der Waals surface area contributed by atoms with Crippen LogP contribution in [0.25, 0.3) is 0 Å². The molecular formula is C27H38N4O4S. The minimum absolute atomic E-state index is 0.0152. The quantitative estimate of drug-likeness (QED) is 0.354. The normalized spacial score (nSPS) is 15.2. The van der Waals surface area contributed by atoms with E-state index in [-0.39, 0.29) is 23.1 Å². The van der Waals surface area contributed by atoms with Gasteiger partial charge in [-0.1, -0.05) is 51.3 Å². The molecular weight excluding hydrogens is 476 g/mol. The molecule has 0 aromatic heterocycles. The number of rotatable bonds is 11. The van der Waals surface area contributed by atoms with Gasteiger partial charge in [-0.2, -0.15) is 0 Å². The van der Waals surface area contributed by atoms with E-state index in [2.05, 4.69) is 20.7 Å². The maximum absolute atomic E-state index is 13.1. The first-order valence-corrected chi connectivity index (χ1v) is 14.1. The van der Waals surface area contributed by atoms with Gasteiger partial charge in [-0.3, -0.25) is 9.59 Å². The van der Waals surface area contributed by atoms with Crippen molar-refractivity contribution in [2.75, 3.05) is 24.2 Å². The van der Waals surface area contributed by atoms with Gasteiger partial charge in [0.25, 0.3) is 15.9 Å². The zero-order chi connectivity index (χ0) is 26.1. The minimum atomic E-state index is -3.97. The van der Waals surface area contributed by atoms with Crippen molar-refractivity contribution < 1.29 is 18.0 Å². The van der Waals surface area contributed by atoms with Crippen LogP contribution in [-0.2, 0) is 14.8 Å². The minimum Gasteiger partial charge on any atom is -0.386 e. The van der Waals surface area contributed by atoms with Gasteiger partial charge in [0.05, 0.1) is 16.3 Å². The van der Waals surface area contributed by atoms with E-state index in [9.17, 15) is 18.0 Å². The molecule has 1 saturated carbocycles. The van der Waals surface area contributed by atoms with Crippen molar-refractivity contribution in [2.24, 2.45) is 11.8 Å². The molecule has 0 bridgehead atoms. The summed E-state index contributed by atoms with van der Waals surface area (Å²) in [5.74, 6) is -0.425. The summed E-state index contributed by atoms with van der Waals surface area (Å²) in [6.07, 6.45) is 6.13. The van der Waals surface area contributed by atoms with Crippen LogP contribution in [0.3, 0.4) is 0 Å². The zero-order valence-corrected chi connectivity index (χ0v) is 22.2. The predicted molar refractivity (Wildman–Crippen MR) is 144 cm³/mol. The number of anilines is 2. The molecule has 0 aliphatic heterocycles. The predicted octanol–water partition coefficient (Wildman–Crippen LogP) is 4.37. The molecule has 0 spiro atoms. The average Bonchev–Trinajstić information content (AvgIpc) is 2.87. The van der Waals surface area contributed by atoms with Crippen LogP contribution < -0.4 is 20.7 Å². The van der Waals surface area contributed by atoms with E-state index in [1.807, 2.05) is 33.0 Å². The van der Waals surface area contributed by atoms with Crippen molar-refractivity contribution in [2.45, 2.75) is 63.3 Å². The summed E-state index contributed by atoms with van der Waals surface area (Å²) in [7, 11) is -2.12. The van der Waals surface area contributed by atoms with Crippen molar-refractivity contribution in [1.29, 1.82) is 0 Å². The van der Waals surface area contributed by atoms with E-state index >= 15 is 0 Å². The fraction of sp³-hybridized carbons (Fsp3) is 0.481. The smallest absolute Gasteiger partial charge is 0.264 e. The second kappa shape index (κ2) is 12.8. The van der Waals surface area contributed by atoms with Crippen LogP contribution in [0, 0.1) is 11.8 Å². The molecule has 196 valence electrons. The number of hydrogen-bond acceptors (Lipinski definition) is 6. The van der Waals surface area contributed by atoms with Gasteiger partial charge in [0.2, 0.25) is 5.91 Å². The Labute approximate surface area is 214 Å². The number of benzene rings is 2. The fourth-order valence-corrected chi connectivity index (χ4v) is 5.47. The molecule has 8 nitrogen and oxygen atoms in total. The number of carbonyl (C=O) groups is 2. The Balaban J connectivity index is 1.65. The summed E-state index contributed by atoms with van der Waals surface area (Å²) in [5.41, 5.74) is 2.25. The highest BCUT2D eigenvalue weighted by atomic mass is 32.2. The van der Waals surface area contributed by atoms with E-state index in [0.717, 1.165) is 17.9 Å². The highest BCUT2D eigenvalue weighted by Crippen LogP contribution is 2.27. The molecule has 1 aliphatic carbocycles. The van der Waals surface area contributed by atoms with E-state index in [4.69, 9.17) is 0 Å². The number of amides is 2. The third kappa shape index (κ3) is 7.71. The third-order valence-corrected chi connectivity index (χ3v) is 8.07. The third-order valence-electron chi connectivity index (χ3n) is 6.69. The Hall–Kier alpha value is -3.07. The van der Waals surface area contributed by atoms with Crippen LogP contribution >= 0.6 is 0 Å². The first-order chi connectivity index (χ1) is 17.2. The van der Waals surface area contributed by atoms with Gasteiger partial charge in [0, 0.05) is 31.6 Å². The summed E-state index contributed by atoms with van der Waals surface area (Å²) in [5, 5.41) is 9.59. The van der Waals surface area contributed by atoms with Crippen molar-refractivity contribution in [1.82, 2.24) is 10.0 Å². The number of sulfonamides is 1. The van der Waals surface area contributed by atoms with Crippen molar-refractivity contribution in [3.05, 3.63) is 54.1 Å². The number of nitrogens with one attached hydrogen (secondary N) is 4. The SMILES string of the molecule is CNc1ccc(C(=O)NC(CC(=O)NS(=O)(=O)c2ccccc2)C(C)C)cc1NCC1CCCCC1. The molecule has 2 aromatic rings. The monoisotopic (exact) mass is 514 g/mol. The highest BCUT2D eigenvalue weighted by molar-refractivity contribution is 7.90. The van der Waals surface area contributed by atoms with Crippen molar-refractivity contribution in [3.63, 3.8) is 0 Å². The topological polar surface area (TPSA) is 116 Å². The Bertz CT molecular complexity index is 1130. The Morgan fingerprint density at radius 3 is 2.31 bits per heavy atom. The van der Waals surface area contributed by atoms with Gasteiger partial charge in [0.1, 0.15) is 0 Å². The average molecular weight is 515 g/mol. The number of hydrogen-bond donors (Lipinski definition) is 4. The van der Waals surface area contributed by atoms with Gasteiger partial charge in [-0.25, -0.2) is 13.1 Å². The van der Waals surface area contributed by atoms with Crippen molar-refractivity contribution in [3.8, 4) is 0 Å². The molecule has 1 unspecified atom stereocenters. The molecule has 1 fully saturated rings. The van der Waals surface area contributed by atoms with E-state index < -0.39 is 22.0 Å². The molecule has 1 atom stereocenters. The summed E-state index contributed by atoms with van der Waals surface area (Å²) < 4.78 is 27.1. The molecule has 3 rings (SSSR count). The standard InChI is InChI=1S/C27H38N4O4S/c1-19(2)24(17-26(32)31-36(34,35)22-12-8-5-9-13-22)30-27(33)21-14-15-23(28-3)25(16-21)29-18-20-10-6-4-7-11-20/h5,8-9,12-16,19-20,24,28-29H,4,6-7,10-11,17-18H2,1-3H3,(H,30,33)(H,31,32). The molecule has 0 saturated heterocycles. The second-order valence-corrected chi connectivity index (χ2v) is 11.4. The number of carbonyl (C=O) groups excluding carboxylic acids is 2. The first-order valence-electron chi connectivity index (χ1n) is 12.7.